The normalized spacial score (nSPS) is 13.6. The van der Waals surface area contributed by atoms with E-state index in [0.717, 1.165) is 18.5 Å². The van der Waals surface area contributed by atoms with Crippen LogP contribution in [0.5, 0.6) is 11.5 Å². The van der Waals surface area contributed by atoms with E-state index in [1.165, 1.54) is 14.2 Å². The van der Waals surface area contributed by atoms with E-state index in [-0.39, 0.29) is 5.91 Å². The van der Waals surface area contributed by atoms with Gasteiger partial charge in [-0.25, -0.2) is 4.98 Å². The third-order valence-corrected chi connectivity index (χ3v) is 4.89. The van der Waals surface area contributed by atoms with Gasteiger partial charge in [-0.3, -0.25) is 4.79 Å². The van der Waals surface area contributed by atoms with E-state index in [2.05, 4.69) is 15.5 Å². The van der Waals surface area contributed by atoms with Crippen LogP contribution in [0, 0.1) is 6.92 Å². The Bertz CT molecular complexity index is 1040. The predicted octanol–water partition coefficient (Wildman–Crippen LogP) is 4.33. The zero-order chi connectivity index (χ0) is 19.1. The van der Waals surface area contributed by atoms with Crippen molar-refractivity contribution in [2.75, 3.05) is 19.5 Å². The number of pyridine rings is 1. The van der Waals surface area contributed by atoms with Gasteiger partial charge in [0.2, 0.25) is 0 Å². The van der Waals surface area contributed by atoms with Gasteiger partial charge in [0.25, 0.3) is 11.6 Å². The number of methoxy groups -OCH3 is 2. The van der Waals surface area contributed by atoms with Gasteiger partial charge >= 0.3 is 0 Å². The van der Waals surface area contributed by atoms with Gasteiger partial charge in [-0.2, -0.15) is 0 Å². The van der Waals surface area contributed by atoms with E-state index in [1.54, 1.807) is 19.1 Å². The highest BCUT2D eigenvalue weighted by Gasteiger charge is 2.29. The minimum Gasteiger partial charge on any atom is -0.495 e. The molecule has 1 aromatic carbocycles. The van der Waals surface area contributed by atoms with Crippen molar-refractivity contribution in [3.63, 3.8) is 0 Å². The summed E-state index contributed by atoms with van der Waals surface area (Å²) in [5.74, 6) is 0.936. The van der Waals surface area contributed by atoms with Crippen molar-refractivity contribution in [2.24, 2.45) is 0 Å². The Labute approximate surface area is 160 Å². The Balaban J connectivity index is 1.76. The van der Waals surface area contributed by atoms with E-state index < -0.39 is 0 Å². The fourth-order valence-corrected chi connectivity index (χ4v) is 3.26. The maximum atomic E-state index is 13.1. The summed E-state index contributed by atoms with van der Waals surface area (Å²) in [6.07, 6.45) is 2.13. The Hall–Kier alpha value is -2.80. The molecule has 8 heteroatoms. The molecular weight excluding hydrogens is 370 g/mol. The number of anilines is 1. The van der Waals surface area contributed by atoms with E-state index in [1.807, 2.05) is 6.07 Å². The quantitative estimate of drug-likeness (QED) is 0.701. The average Bonchev–Trinajstić information content (AvgIpc) is 3.45. The molecule has 0 unspecified atom stereocenters. The van der Waals surface area contributed by atoms with Crippen LogP contribution in [0.25, 0.3) is 11.1 Å². The number of carbonyl (C=O) groups is 1. The van der Waals surface area contributed by atoms with Crippen LogP contribution in [0.1, 0.15) is 40.5 Å². The molecule has 0 saturated heterocycles. The first kappa shape index (κ1) is 17.6. The molecule has 2 heterocycles. The number of carbonyl (C=O) groups excluding carboxylic acids is 1. The van der Waals surface area contributed by atoms with Gasteiger partial charge in [-0.15, -0.1) is 0 Å². The number of nitrogens with one attached hydrogen (secondary N) is 1. The Morgan fingerprint density at radius 2 is 1.96 bits per heavy atom. The number of rotatable bonds is 5. The molecule has 1 aliphatic carbocycles. The van der Waals surface area contributed by atoms with Gasteiger partial charge < -0.3 is 19.3 Å². The van der Waals surface area contributed by atoms with E-state index in [9.17, 15) is 4.79 Å². The van der Waals surface area contributed by atoms with Crippen molar-refractivity contribution in [2.45, 2.75) is 25.7 Å². The molecule has 0 aliphatic heterocycles. The second kappa shape index (κ2) is 6.74. The van der Waals surface area contributed by atoms with Gasteiger partial charge in [0, 0.05) is 23.7 Å². The van der Waals surface area contributed by atoms with E-state index in [4.69, 9.17) is 25.6 Å². The molecule has 3 aromatic rings. The fraction of sp³-hybridized carbons (Fsp3) is 0.316. The average molecular weight is 388 g/mol. The van der Waals surface area contributed by atoms with Crippen LogP contribution in [0.4, 0.5) is 5.69 Å². The molecule has 1 aliphatic rings. The van der Waals surface area contributed by atoms with Gasteiger partial charge in [-0.05, 0) is 25.8 Å². The van der Waals surface area contributed by atoms with Crippen LogP contribution in [0.3, 0.4) is 0 Å². The largest absolute Gasteiger partial charge is 0.495 e. The van der Waals surface area contributed by atoms with Gasteiger partial charge in [0.1, 0.15) is 11.5 Å². The number of aromatic nitrogens is 2. The SMILES string of the molecule is COc1cc(NC(=O)c2cc(C3CC3)nc3onc(C)c23)c(OC)cc1Cl. The number of ether oxygens (including phenoxy) is 2. The highest BCUT2D eigenvalue weighted by Crippen LogP contribution is 2.41. The van der Waals surface area contributed by atoms with Crippen LogP contribution >= 0.6 is 11.6 Å². The number of amides is 1. The third-order valence-electron chi connectivity index (χ3n) is 4.60. The summed E-state index contributed by atoms with van der Waals surface area (Å²) in [5, 5.41) is 7.84. The second-order valence-corrected chi connectivity index (χ2v) is 6.87. The number of hydrogen-bond donors (Lipinski definition) is 1. The van der Waals surface area contributed by atoms with Crippen LogP contribution in [0.15, 0.2) is 22.7 Å². The van der Waals surface area contributed by atoms with Gasteiger partial charge in [-0.1, -0.05) is 16.8 Å². The molecule has 1 saturated carbocycles. The number of fused-ring (bicyclic) bond motifs is 1. The molecule has 1 N–H and O–H groups in total. The third kappa shape index (κ3) is 3.19. The topological polar surface area (TPSA) is 86.5 Å². The minimum absolute atomic E-state index is 0.307. The number of halogens is 1. The summed E-state index contributed by atoms with van der Waals surface area (Å²) in [7, 11) is 3.02. The lowest BCUT2D eigenvalue weighted by molar-refractivity contribution is 0.102. The van der Waals surface area contributed by atoms with Crippen molar-refractivity contribution in [3.05, 3.63) is 40.2 Å². The minimum atomic E-state index is -0.307. The Morgan fingerprint density at radius 1 is 1.22 bits per heavy atom. The molecule has 1 amide bonds. The molecule has 27 heavy (non-hydrogen) atoms. The zero-order valence-electron chi connectivity index (χ0n) is 15.1. The van der Waals surface area contributed by atoms with Crippen molar-refractivity contribution >= 4 is 34.3 Å². The molecule has 2 aromatic heterocycles. The molecular formula is C19H18ClN3O4. The predicted molar refractivity (Wildman–Crippen MR) is 101 cm³/mol. The van der Waals surface area contributed by atoms with Gasteiger partial charge in [0.15, 0.2) is 0 Å². The van der Waals surface area contributed by atoms with Crippen LogP contribution < -0.4 is 14.8 Å². The summed E-state index contributed by atoms with van der Waals surface area (Å²) < 4.78 is 15.9. The molecule has 1 fully saturated rings. The summed E-state index contributed by atoms with van der Waals surface area (Å²) in [6, 6.07) is 5.04. The first-order valence-electron chi connectivity index (χ1n) is 8.51. The van der Waals surface area contributed by atoms with E-state index >= 15 is 0 Å². The van der Waals surface area contributed by atoms with Crippen LogP contribution in [0.2, 0.25) is 5.02 Å². The summed E-state index contributed by atoms with van der Waals surface area (Å²) in [4.78, 5) is 17.6. The molecule has 0 bridgehead atoms. The highest BCUT2D eigenvalue weighted by molar-refractivity contribution is 6.32. The molecule has 0 radical (unpaired) electrons. The van der Waals surface area contributed by atoms with Crippen molar-refractivity contribution in [3.8, 4) is 11.5 Å². The monoisotopic (exact) mass is 387 g/mol. The second-order valence-electron chi connectivity index (χ2n) is 6.46. The number of aryl methyl sites for hydroxylation is 1. The molecule has 0 spiro atoms. The number of benzene rings is 1. The van der Waals surface area contributed by atoms with E-state index in [0.29, 0.717) is 50.5 Å². The van der Waals surface area contributed by atoms with Crippen molar-refractivity contribution in [1.82, 2.24) is 10.1 Å². The molecule has 4 rings (SSSR count). The summed E-state index contributed by atoms with van der Waals surface area (Å²) in [5.41, 5.74) is 2.77. The van der Waals surface area contributed by atoms with Gasteiger partial charge in [0.05, 0.1) is 41.6 Å². The maximum absolute atomic E-state index is 13.1. The first-order chi connectivity index (χ1) is 13.0. The standard InChI is InChI=1S/C19H18ClN3O4/c1-9-17-11(6-13(10-4-5-10)22-19(17)27-23-9)18(24)21-14-8-15(25-2)12(20)7-16(14)26-3/h6-8,10H,4-5H2,1-3H3,(H,21,24). The Morgan fingerprint density at radius 3 is 2.63 bits per heavy atom. The lowest BCUT2D eigenvalue weighted by Crippen LogP contribution is -2.14. The molecule has 0 atom stereocenters. The summed E-state index contributed by atoms with van der Waals surface area (Å²) in [6.45, 7) is 1.78. The molecule has 7 nitrogen and oxygen atoms in total. The maximum Gasteiger partial charge on any atom is 0.259 e. The first-order valence-corrected chi connectivity index (χ1v) is 8.89. The number of hydrogen-bond acceptors (Lipinski definition) is 6. The highest BCUT2D eigenvalue weighted by atomic mass is 35.5. The fourth-order valence-electron chi connectivity index (χ4n) is 3.03. The smallest absolute Gasteiger partial charge is 0.259 e. The number of nitrogens with zero attached hydrogens (tertiary/aromatic N) is 2. The summed E-state index contributed by atoms with van der Waals surface area (Å²) >= 11 is 6.13. The zero-order valence-corrected chi connectivity index (χ0v) is 15.9. The molecule has 140 valence electrons. The van der Waals surface area contributed by atoms with Crippen molar-refractivity contribution < 1.29 is 18.8 Å². The lowest BCUT2D eigenvalue weighted by atomic mass is 10.1. The Kier molecular flexibility index (Phi) is 4.39. The van der Waals surface area contributed by atoms with Crippen LogP contribution in [-0.4, -0.2) is 30.3 Å². The van der Waals surface area contributed by atoms with Crippen molar-refractivity contribution in [1.29, 1.82) is 0 Å². The lowest BCUT2D eigenvalue weighted by Gasteiger charge is -2.14. The van der Waals surface area contributed by atoms with Crippen LogP contribution in [-0.2, 0) is 0 Å².